The molecule has 0 radical (unpaired) electrons. The first-order valence-corrected chi connectivity index (χ1v) is 7.16. The van der Waals surface area contributed by atoms with Gasteiger partial charge in [0.1, 0.15) is 5.01 Å². The third-order valence-electron chi connectivity index (χ3n) is 3.86. The molecule has 3 nitrogen and oxygen atoms in total. The van der Waals surface area contributed by atoms with Gasteiger partial charge in [-0.3, -0.25) is 4.98 Å². The highest BCUT2D eigenvalue weighted by Gasteiger charge is 2.40. The van der Waals surface area contributed by atoms with Crippen LogP contribution >= 0.6 is 11.3 Å². The van der Waals surface area contributed by atoms with Gasteiger partial charge in [0.15, 0.2) is 0 Å². The van der Waals surface area contributed by atoms with E-state index in [1.165, 1.54) is 24.1 Å². The Kier molecular flexibility index (Phi) is 2.92. The van der Waals surface area contributed by atoms with Crippen molar-refractivity contribution in [3.8, 4) is 10.7 Å². The number of nitrogens with zero attached hydrogens (tertiary/aromatic N) is 2. The molecule has 1 saturated carbocycles. The lowest BCUT2D eigenvalue weighted by Crippen LogP contribution is -2.41. The van der Waals surface area contributed by atoms with E-state index in [0.29, 0.717) is 0 Å². The number of rotatable bonds is 3. The van der Waals surface area contributed by atoms with Crippen molar-refractivity contribution in [3.63, 3.8) is 0 Å². The Morgan fingerprint density at radius 1 is 1.39 bits per heavy atom. The first-order chi connectivity index (χ1) is 8.75. The van der Waals surface area contributed by atoms with Crippen molar-refractivity contribution < 1.29 is 0 Å². The minimum Gasteiger partial charge on any atom is -0.330 e. The topological polar surface area (TPSA) is 51.8 Å². The minimum absolute atomic E-state index is 0.203. The SMILES string of the molecule is Cc1nc(-c2ccccn2)sc1C1(CN)CCC1. The number of nitrogens with two attached hydrogens (primary N) is 1. The predicted molar refractivity (Wildman–Crippen MR) is 74.7 cm³/mol. The summed E-state index contributed by atoms with van der Waals surface area (Å²) in [5.74, 6) is 0. The van der Waals surface area contributed by atoms with Gasteiger partial charge in [0.2, 0.25) is 0 Å². The van der Waals surface area contributed by atoms with Crippen molar-refractivity contribution in [2.24, 2.45) is 5.73 Å². The Hall–Kier alpha value is -1.26. The van der Waals surface area contributed by atoms with Crippen LogP contribution in [0.5, 0.6) is 0 Å². The zero-order valence-electron chi connectivity index (χ0n) is 10.5. The molecule has 0 spiro atoms. The number of hydrogen-bond donors (Lipinski definition) is 1. The van der Waals surface area contributed by atoms with E-state index in [0.717, 1.165) is 22.9 Å². The summed E-state index contributed by atoms with van der Waals surface area (Å²) in [7, 11) is 0. The number of thiazole rings is 1. The van der Waals surface area contributed by atoms with Crippen LogP contribution in [-0.4, -0.2) is 16.5 Å². The molecule has 0 saturated heterocycles. The van der Waals surface area contributed by atoms with E-state index >= 15 is 0 Å². The summed E-state index contributed by atoms with van der Waals surface area (Å²) in [5.41, 5.74) is 8.28. The first kappa shape index (κ1) is 11.8. The maximum Gasteiger partial charge on any atom is 0.142 e. The molecule has 18 heavy (non-hydrogen) atoms. The fourth-order valence-corrected chi connectivity index (χ4v) is 3.91. The smallest absolute Gasteiger partial charge is 0.142 e. The molecule has 1 fully saturated rings. The van der Waals surface area contributed by atoms with Gasteiger partial charge >= 0.3 is 0 Å². The lowest BCUT2D eigenvalue weighted by atomic mass is 9.67. The highest BCUT2D eigenvalue weighted by Crippen LogP contribution is 2.47. The molecule has 94 valence electrons. The molecule has 0 unspecified atom stereocenters. The number of pyridine rings is 1. The van der Waals surface area contributed by atoms with Crippen LogP contribution in [0.1, 0.15) is 29.8 Å². The number of aromatic nitrogens is 2. The van der Waals surface area contributed by atoms with Crippen LogP contribution in [0.4, 0.5) is 0 Å². The molecule has 1 aliphatic carbocycles. The van der Waals surface area contributed by atoms with Crippen molar-refractivity contribution in [2.75, 3.05) is 6.54 Å². The molecule has 2 aromatic heterocycles. The van der Waals surface area contributed by atoms with Gasteiger partial charge in [-0.15, -0.1) is 11.3 Å². The molecule has 2 N–H and O–H groups in total. The molecule has 0 aromatic carbocycles. The molecule has 0 aliphatic heterocycles. The predicted octanol–water partition coefficient (Wildman–Crippen LogP) is 2.89. The highest BCUT2D eigenvalue weighted by molar-refractivity contribution is 7.15. The van der Waals surface area contributed by atoms with E-state index in [2.05, 4.69) is 16.9 Å². The fraction of sp³-hybridized carbons (Fsp3) is 0.429. The van der Waals surface area contributed by atoms with E-state index in [1.807, 2.05) is 24.4 Å². The molecular weight excluding hydrogens is 242 g/mol. The van der Waals surface area contributed by atoms with Crippen molar-refractivity contribution in [1.82, 2.24) is 9.97 Å². The van der Waals surface area contributed by atoms with Crippen LogP contribution in [0.15, 0.2) is 24.4 Å². The van der Waals surface area contributed by atoms with Gasteiger partial charge in [0.05, 0.1) is 11.4 Å². The number of aryl methyl sites for hydroxylation is 1. The first-order valence-electron chi connectivity index (χ1n) is 6.34. The zero-order chi connectivity index (χ0) is 12.6. The summed E-state index contributed by atoms with van der Waals surface area (Å²) in [6.45, 7) is 2.83. The molecule has 1 aliphatic rings. The van der Waals surface area contributed by atoms with Crippen LogP contribution in [0.2, 0.25) is 0 Å². The van der Waals surface area contributed by atoms with Gasteiger partial charge in [-0.05, 0) is 31.9 Å². The Morgan fingerprint density at radius 2 is 2.22 bits per heavy atom. The average molecular weight is 259 g/mol. The van der Waals surface area contributed by atoms with Crippen molar-refractivity contribution in [3.05, 3.63) is 35.0 Å². The van der Waals surface area contributed by atoms with Crippen molar-refractivity contribution in [1.29, 1.82) is 0 Å². The molecule has 2 heterocycles. The van der Waals surface area contributed by atoms with Gasteiger partial charge in [-0.1, -0.05) is 12.5 Å². The summed E-state index contributed by atoms with van der Waals surface area (Å²) in [5, 5.41) is 1.02. The largest absolute Gasteiger partial charge is 0.330 e. The van der Waals surface area contributed by atoms with E-state index in [9.17, 15) is 0 Å². The lowest BCUT2D eigenvalue weighted by Gasteiger charge is -2.40. The zero-order valence-corrected chi connectivity index (χ0v) is 11.3. The standard InChI is InChI=1S/C14H17N3S/c1-10-12(14(9-15)6-4-7-14)18-13(17-10)11-5-2-3-8-16-11/h2-3,5,8H,4,6-7,9,15H2,1H3. The second kappa shape index (κ2) is 4.44. The summed E-state index contributed by atoms with van der Waals surface area (Å²) >= 11 is 1.77. The van der Waals surface area contributed by atoms with Gasteiger partial charge in [-0.2, -0.15) is 0 Å². The van der Waals surface area contributed by atoms with Crippen LogP contribution in [0, 0.1) is 6.92 Å². The molecule has 2 aromatic rings. The molecule has 4 heteroatoms. The van der Waals surface area contributed by atoms with Crippen molar-refractivity contribution >= 4 is 11.3 Å². The van der Waals surface area contributed by atoms with E-state index in [-0.39, 0.29) is 5.41 Å². The minimum atomic E-state index is 0.203. The van der Waals surface area contributed by atoms with Crippen LogP contribution in [-0.2, 0) is 5.41 Å². The average Bonchev–Trinajstić information content (AvgIpc) is 2.73. The van der Waals surface area contributed by atoms with Crippen molar-refractivity contribution in [2.45, 2.75) is 31.6 Å². The van der Waals surface area contributed by atoms with Crippen LogP contribution in [0.3, 0.4) is 0 Å². The molecular formula is C14H17N3S. The quantitative estimate of drug-likeness (QED) is 0.922. The Labute approximate surface area is 111 Å². The summed E-state index contributed by atoms with van der Waals surface area (Å²) < 4.78 is 0. The number of hydrogen-bond acceptors (Lipinski definition) is 4. The fourth-order valence-electron chi connectivity index (χ4n) is 2.61. The summed E-state index contributed by atoms with van der Waals surface area (Å²) in [6, 6.07) is 5.94. The monoisotopic (exact) mass is 259 g/mol. The third kappa shape index (κ3) is 1.76. The normalized spacial score (nSPS) is 17.4. The van der Waals surface area contributed by atoms with Gasteiger partial charge in [-0.25, -0.2) is 4.98 Å². The molecule has 3 rings (SSSR count). The Morgan fingerprint density at radius 3 is 2.78 bits per heavy atom. The molecule has 0 atom stereocenters. The van der Waals surface area contributed by atoms with E-state index in [4.69, 9.17) is 5.73 Å². The summed E-state index contributed by atoms with van der Waals surface area (Å²) in [4.78, 5) is 10.4. The van der Waals surface area contributed by atoms with Gasteiger partial charge in [0, 0.05) is 23.0 Å². The van der Waals surface area contributed by atoms with Gasteiger partial charge < -0.3 is 5.73 Å². The van der Waals surface area contributed by atoms with Crippen LogP contribution < -0.4 is 5.73 Å². The van der Waals surface area contributed by atoms with Crippen LogP contribution in [0.25, 0.3) is 10.7 Å². The molecule has 0 amide bonds. The van der Waals surface area contributed by atoms with Gasteiger partial charge in [0.25, 0.3) is 0 Å². The summed E-state index contributed by atoms with van der Waals surface area (Å²) in [6.07, 6.45) is 5.50. The highest BCUT2D eigenvalue weighted by atomic mass is 32.1. The maximum absolute atomic E-state index is 5.98. The Bertz CT molecular complexity index is 538. The lowest BCUT2D eigenvalue weighted by molar-refractivity contribution is 0.257. The Balaban J connectivity index is 2.01. The third-order valence-corrected chi connectivity index (χ3v) is 5.29. The molecule has 0 bridgehead atoms. The maximum atomic E-state index is 5.98. The second-order valence-corrected chi connectivity index (χ2v) is 5.99. The second-order valence-electron chi connectivity index (χ2n) is 4.99. The van der Waals surface area contributed by atoms with E-state index < -0.39 is 0 Å². The van der Waals surface area contributed by atoms with E-state index in [1.54, 1.807) is 11.3 Å².